The van der Waals surface area contributed by atoms with Gasteiger partial charge in [0.1, 0.15) is 42.4 Å². The molecule has 0 saturated carbocycles. The van der Waals surface area contributed by atoms with E-state index < -0.39 is 85.7 Å². The maximum absolute atomic E-state index is 11.6. The van der Waals surface area contributed by atoms with Crippen molar-refractivity contribution in [2.75, 3.05) is 27.4 Å². The second-order valence-corrected chi connectivity index (χ2v) is 17.8. The van der Waals surface area contributed by atoms with Gasteiger partial charge in [0, 0.05) is 27.1 Å². The van der Waals surface area contributed by atoms with Crippen LogP contribution in [0.1, 0.15) is 73.1 Å². The van der Waals surface area contributed by atoms with E-state index in [1.54, 1.807) is 21.0 Å². The van der Waals surface area contributed by atoms with Gasteiger partial charge in [-0.1, -0.05) is 25.2 Å². The molecule has 14 heteroatoms. The second kappa shape index (κ2) is 14.4. The Kier molecular flexibility index (Phi) is 10.2. The first-order chi connectivity index (χ1) is 26.3. The largest absolute Gasteiger partial charge is 0.491 e. The molecule has 1 spiro atoms. The fourth-order valence-corrected chi connectivity index (χ4v) is 11.7. The van der Waals surface area contributed by atoms with Gasteiger partial charge in [0.15, 0.2) is 24.7 Å². The Morgan fingerprint density at radius 3 is 2.27 bits per heavy atom. The summed E-state index contributed by atoms with van der Waals surface area (Å²) in [6.07, 6.45) is 1.36. The summed E-state index contributed by atoms with van der Waals surface area (Å²) >= 11 is 0. The summed E-state index contributed by atoms with van der Waals surface area (Å²) < 4.78 is 67.7. The van der Waals surface area contributed by atoms with Crippen molar-refractivity contribution in [2.45, 2.75) is 171 Å². The molecule has 20 atom stereocenters. The fourth-order valence-electron chi connectivity index (χ4n) is 11.7. The Morgan fingerprint density at radius 2 is 1.51 bits per heavy atom. The highest BCUT2D eigenvalue weighted by molar-refractivity contribution is 5.48. The molecule has 6 aliphatic heterocycles. The van der Waals surface area contributed by atoms with Crippen LogP contribution in [0.2, 0.25) is 0 Å². The highest BCUT2D eigenvalue weighted by atomic mass is 16.8. The molecular weight excluding hydrogens is 716 g/mol. The van der Waals surface area contributed by atoms with Gasteiger partial charge >= 0.3 is 0 Å². The monoisotopic (exact) mass is 776 g/mol. The lowest BCUT2D eigenvalue weighted by molar-refractivity contribution is -0.351. The smallest absolute Gasteiger partial charge is 0.187 e. The molecule has 0 bridgehead atoms. The van der Waals surface area contributed by atoms with Gasteiger partial charge in [-0.2, -0.15) is 0 Å². The van der Waals surface area contributed by atoms with Gasteiger partial charge in [0.05, 0.1) is 61.2 Å². The number of aliphatic hydroxyl groups is 3. The zero-order valence-electron chi connectivity index (χ0n) is 33.0. The molecular formula is C41H60O14. The minimum absolute atomic E-state index is 0.0477. The highest BCUT2D eigenvalue weighted by Crippen LogP contribution is 2.68. The van der Waals surface area contributed by atoms with Gasteiger partial charge < -0.3 is 67.4 Å². The minimum atomic E-state index is -1.13. The first kappa shape index (κ1) is 39.0. The second-order valence-electron chi connectivity index (χ2n) is 17.8. The summed E-state index contributed by atoms with van der Waals surface area (Å²) in [6, 6.07) is 0. The molecule has 0 radical (unpaired) electrons. The number of hydrogen-bond donors (Lipinski definition) is 3. The van der Waals surface area contributed by atoms with E-state index in [0.29, 0.717) is 25.6 Å². The molecule has 6 heterocycles. The lowest BCUT2D eigenvalue weighted by atomic mass is 9.54. The Bertz CT molecular complexity index is 1540. The van der Waals surface area contributed by atoms with E-state index in [0.717, 1.165) is 31.4 Å². The molecule has 9 aliphatic rings. The van der Waals surface area contributed by atoms with Gasteiger partial charge in [-0.25, -0.2) is 0 Å². The third kappa shape index (κ3) is 6.24. The molecule has 3 aliphatic carbocycles. The molecule has 14 nitrogen and oxygen atoms in total. The number of aliphatic hydroxyl groups excluding tert-OH is 3. The molecule has 6 saturated heterocycles. The average molecular weight is 777 g/mol. The van der Waals surface area contributed by atoms with Crippen LogP contribution in [0, 0.1) is 22.7 Å². The van der Waals surface area contributed by atoms with E-state index in [9.17, 15) is 15.3 Å². The van der Waals surface area contributed by atoms with Crippen LogP contribution in [0.4, 0.5) is 0 Å². The molecule has 0 aromatic carbocycles. The highest BCUT2D eigenvalue weighted by Gasteiger charge is 2.72. The number of allylic oxidation sites excluding steroid dienone is 4. The first-order valence-corrected chi connectivity index (χ1v) is 20.4. The van der Waals surface area contributed by atoms with Crippen molar-refractivity contribution < 1.29 is 67.4 Å². The molecule has 6 fully saturated rings. The minimum Gasteiger partial charge on any atom is -0.491 e. The third-order valence-corrected chi connectivity index (χ3v) is 14.7. The van der Waals surface area contributed by atoms with Crippen LogP contribution < -0.4 is 0 Å². The number of rotatable bonds is 8. The predicted molar refractivity (Wildman–Crippen MR) is 192 cm³/mol. The van der Waals surface area contributed by atoms with Gasteiger partial charge in [-0.05, 0) is 75.9 Å². The van der Waals surface area contributed by atoms with Crippen molar-refractivity contribution in [3.05, 3.63) is 35.1 Å². The lowest BCUT2D eigenvalue weighted by Gasteiger charge is -2.50. The number of methoxy groups -OCH3 is 2. The molecule has 0 amide bonds. The fraction of sp³-hybridized carbons (Fsp3) is 0.854. The zero-order valence-corrected chi connectivity index (χ0v) is 33.0. The van der Waals surface area contributed by atoms with Crippen LogP contribution in [-0.2, 0) is 52.1 Å². The van der Waals surface area contributed by atoms with Crippen molar-refractivity contribution in [3.8, 4) is 0 Å². The maximum atomic E-state index is 11.6. The van der Waals surface area contributed by atoms with E-state index in [4.69, 9.17) is 52.1 Å². The molecule has 0 unspecified atom stereocenters. The lowest BCUT2D eigenvalue weighted by Crippen LogP contribution is -2.61. The average Bonchev–Trinajstić information content (AvgIpc) is 3.79. The van der Waals surface area contributed by atoms with Crippen molar-refractivity contribution >= 4 is 0 Å². The maximum Gasteiger partial charge on any atom is 0.187 e. The summed E-state index contributed by atoms with van der Waals surface area (Å²) in [5.74, 6) is 1.16. The van der Waals surface area contributed by atoms with Crippen LogP contribution in [-0.4, -0.2) is 141 Å². The van der Waals surface area contributed by atoms with Crippen molar-refractivity contribution in [1.29, 1.82) is 0 Å². The van der Waals surface area contributed by atoms with Crippen LogP contribution in [0.25, 0.3) is 0 Å². The molecule has 3 N–H and O–H groups in total. The third-order valence-electron chi connectivity index (χ3n) is 14.7. The summed E-state index contributed by atoms with van der Waals surface area (Å²) in [5.41, 5.74) is 2.41. The Morgan fingerprint density at radius 1 is 0.764 bits per heavy atom. The van der Waals surface area contributed by atoms with E-state index in [1.165, 1.54) is 18.3 Å². The van der Waals surface area contributed by atoms with Gasteiger partial charge in [-0.15, -0.1) is 0 Å². The van der Waals surface area contributed by atoms with E-state index in [2.05, 4.69) is 32.1 Å². The van der Waals surface area contributed by atoms with Crippen molar-refractivity contribution in [2.24, 2.45) is 22.7 Å². The molecule has 9 rings (SSSR count). The van der Waals surface area contributed by atoms with Gasteiger partial charge in [-0.3, -0.25) is 0 Å². The van der Waals surface area contributed by atoms with Gasteiger partial charge in [0.2, 0.25) is 0 Å². The molecule has 0 aromatic rings. The van der Waals surface area contributed by atoms with Crippen molar-refractivity contribution in [3.63, 3.8) is 0 Å². The number of hydrogen-bond acceptors (Lipinski definition) is 14. The Hall–Kier alpha value is -1.50. The quantitative estimate of drug-likeness (QED) is 0.330. The van der Waals surface area contributed by atoms with Crippen LogP contribution >= 0.6 is 0 Å². The van der Waals surface area contributed by atoms with Gasteiger partial charge in [0.25, 0.3) is 0 Å². The van der Waals surface area contributed by atoms with Crippen LogP contribution in [0.3, 0.4) is 0 Å². The van der Waals surface area contributed by atoms with E-state index >= 15 is 0 Å². The SMILES string of the molecule is CO[C@@H]1[C@@H](O)[C@H](O[C@@H]2C=C3C=CC4=C5O[C@@H]6CO[C@]7(C)OC[C@@]5(CC[C@@H]4[C@@]3(C)CC2)[C@H]67)O[C@H](C)[C@H]1O[C@H]1C[C@H](O)[C@H](O[C@H]2C[C@H](OC)[C@H](O)[C@@H](C)O2)[C@@H](C)O1. The zero-order chi connectivity index (χ0) is 38.6. The normalized spacial score (nSPS) is 54.3. The predicted octanol–water partition coefficient (Wildman–Crippen LogP) is 3.01. The Labute approximate surface area is 323 Å². The standard InChI is InChI=1S/C41H60O14/c1-19-31(43)27(45-6)16-30(49-19)54-33-20(2)50-29(15-26(33)42)55-34-21(3)51-38(32(44)35(34)46-7)52-23-10-12-39(4)22(14-23)8-9-24-25(39)11-13-41-18-48-40(5)36(41)28(17-47-40)53-37(24)41/h8-9,14,19-21,23,25-36,38,42-44H,10-13,15-18H2,1-7H3/t19-,20-,21-,23+,25+,26+,27+,28-,29+,30+,31-,32-,33-,34-,35-,36-,38+,39+,40-,41+/m1/s1. The molecule has 0 aromatic heterocycles. The summed E-state index contributed by atoms with van der Waals surface area (Å²) in [4.78, 5) is 0. The summed E-state index contributed by atoms with van der Waals surface area (Å²) in [7, 11) is 3.07. The van der Waals surface area contributed by atoms with Crippen LogP contribution in [0.5, 0.6) is 0 Å². The van der Waals surface area contributed by atoms with E-state index in [1.807, 2.05) is 6.92 Å². The summed E-state index contributed by atoms with van der Waals surface area (Å²) in [6.45, 7) is 11.1. The Balaban J connectivity index is 0.836. The topological polar surface area (TPSA) is 162 Å². The molecule has 55 heavy (non-hydrogen) atoms. The number of ether oxygens (including phenoxy) is 11. The summed E-state index contributed by atoms with van der Waals surface area (Å²) in [5, 5.41) is 33.1. The first-order valence-electron chi connectivity index (χ1n) is 20.4. The van der Waals surface area contributed by atoms with E-state index in [-0.39, 0.29) is 35.4 Å². The number of fused-ring (bicyclic) bond motifs is 3. The molecule has 308 valence electrons. The van der Waals surface area contributed by atoms with Crippen molar-refractivity contribution in [1.82, 2.24) is 0 Å². The van der Waals surface area contributed by atoms with Crippen LogP contribution in [0.15, 0.2) is 35.1 Å².